The van der Waals surface area contributed by atoms with Crippen LogP contribution in [0.3, 0.4) is 0 Å². The second-order valence-corrected chi connectivity index (χ2v) is 17.0. The number of hydrogen-bond donors (Lipinski definition) is 8. The first-order chi connectivity index (χ1) is 30.0. The number of ether oxygens (including phenoxy) is 1. The summed E-state index contributed by atoms with van der Waals surface area (Å²) in [7, 11) is 0. The molecule has 0 spiro atoms. The summed E-state index contributed by atoms with van der Waals surface area (Å²) in [6.45, 7) is 8.93. The number of hydrogen-bond acceptors (Lipinski definition) is 12. The highest BCUT2D eigenvalue weighted by molar-refractivity contribution is 6.38. The van der Waals surface area contributed by atoms with Gasteiger partial charge in [0.1, 0.15) is 48.9 Å². The number of nitrogens with zero attached hydrogens (tertiary/aromatic N) is 1. The third-order valence-electron chi connectivity index (χ3n) is 10.9. The van der Waals surface area contributed by atoms with Gasteiger partial charge in [0.25, 0.3) is 5.91 Å². The van der Waals surface area contributed by atoms with Crippen LogP contribution in [0.15, 0.2) is 30.3 Å². The molecule has 64 heavy (non-hydrogen) atoms. The molecule has 0 saturated carbocycles. The van der Waals surface area contributed by atoms with Crippen molar-refractivity contribution < 1.29 is 57.5 Å². The first-order valence-corrected chi connectivity index (χ1v) is 21.5. The third kappa shape index (κ3) is 15.7. The lowest BCUT2D eigenvalue weighted by molar-refractivity contribution is -0.159. The van der Waals surface area contributed by atoms with E-state index in [1.807, 2.05) is 30.3 Å². The van der Waals surface area contributed by atoms with Crippen LogP contribution in [0.4, 0.5) is 0 Å². The van der Waals surface area contributed by atoms with Gasteiger partial charge in [-0.15, -0.1) is 0 Å². The van der Waals surface area contributed by atoms with E-state index in [2.05, 4.69) is 37.2 Å². The highest BCUT2D eigenvalue weighted by atomic mass is 16.5. The summed E-state index contributed by atoms with van der Waals surface area (Å²) in [4.78, 5) is 147. The van der Waals surface area contributed by atoms with E-state index in [9.17, 15) is 52.7 Å². The number of nitrogens with one attached hydrogen (secondary N) is 7. The SMILES string of the molecule is CC1NC(=O)[C@H](C)NC(=O)[C@H](C)NC(=O)[C@H](C)NC(=O)[C@H](CCC(N)=O)NC(=O)C[C@@H](CCc2ccccc2)NC(=O)[C@@H]2CCCCN2C(=O)C(=O)C(C)(C)COC(=O)[C@@H](C)NC1=O. The Balaban J connectivity index is 1.95. The van der Waals surface area contributed by atoms with Gasteiger partial charge in [0.15, 0.2) is 0 Å². The van der Waals surface area contributed by atoms with Crippen molar-refractivity contribution in [2.45, 2.75) is 148 Å². The number of nitrogens with two attached hydrogens (primary N) is 1. The zero-order valence-electron chi connectivity index (χ0n) is 37.5. The van der Waals surface area contributed by atoms with Gasteiger partial charge in [-0.3, -0.25) is 47.9 Å². The molecule has 21 heteroatoms. The maximum Gasteiger partial charge on any atom is 0.328 e. The highest BCUT2D eigenvalue weighted by Gasteiger charge is 2.42. The maximum atomic E-state index is 14.1. The van der Waals surface area contributed by atoms with Crippen molar-refractivity contribution in [2.75, 3.05) is 13.2 Å². The molecule has 9 N–H and O–H groups in total. The van der Waals surface area contributed by atoms with Crippen molar-refractivity contribution in [1.82, 2.24) is 42.1 Å². The molecule has 0 bridgehead atoms. The monoisotopic (exact) mass is 897 g/mol. The number of amides is 9. The third-order valence-corrected chi connectivity index (χ3v) is 10.9. The Morgan fingerprint density at radius 1 is 0.672 bits per heavy atom. The van der Waals surface area contributed by atoms with Gasteiger partial charge in [0, 0.05) is 25.4 Å². The van der Waals surface area contributed by atoms with Crippen molar-refractivity contribution in [1.29, 1.82) is 0 Å². The molecular formula is C43H63N9O12. The summed E-state index contributed by atoms with van der Waals surface area (Å²) >= 11 is 0. The maximum absolute atomic E-state index is 14.1. The number of carbonyl (C=O) groups is 11. The molecule has 21 nitrogen and oxygen atoms in total. The molecule has 352 valence electrons. The number of aryl methyl sites for hydroxylation is 1. The molecule has 1 aromatic rings. The van der Waals surface area contributed by atoms with Crippen LogP contribution in [0.1, 0.15) is 99.0 Å². The highest BCUT2D eigenvalue weighted by Crippen LogP contribution is 2.24. The van der Waals surface area contributed by atoms with Crippen molar-refractivity contribution in [2.24, 2.45) is 11.1 Å². The molecule has 2 aliphatic heterocycles. The second kappa shape index (κ2) is 23.9. The topological polar surface area (TPSA) is 310 Å². The summed E-state index contributed by atoms with van der Waals surface area (Å²) in [5.74, 6) is -8.95. The van der Waals surface area contributed by atoms with Gasteiger partial charge >= 0.3 is 5.97 Å². The predicted molar refractivity (Wildman–Crippen MR) is 229 cm³/mol. The smallest absolute Gasteiger partial charge is 0.328 e. The molecule has 2 aliphatic rings. The Morgan fingerprint density at radius 2 is 1.19 bits per heavy atom. The number of rotatable bonds is 6. The minimum absolute atomic E-state index is 0.0721. The van der Waals surface area contributed by atoms with Gasteiger partial charge < -0.3 is 52.6 Å². The molecule has 1 unspecified atom stereocenters. The van der Waals surface area contributed by atoms with E-state index < -0.39 is 125 Å². The number of carbonyl (C=O) groups excluding carboxylic acids is 11. The summed E-state index contributed by atoms with van der Waals surface area (Å²) in [6, 6.07) is -0.231. The average molecular weight is 898 g/mol. The van der Waals surface area contributed by atoms with E-state index in [1.165, 1.54) is 53.4 Å². The molecule has 2 fully saturated rings. The van der Waals surface area contributed by atoms with Gasteiger partial charge in [-0.1, -0.05) is 30.3 Å². The number of fused-ring (bicyclic) bond motifs is 1. The van der Waals surface area contributed by atoms with E-state index in [0.29, 0.717) is 19.3 Å². The molecule has 0 aliphatic carbocycles. The van der Waals surface area contributed by atoms with E-state index in [4.69, 9.17) is 10.5 Å². The Kier molecular flexibility index (Phi) is 19.4. The summed E-state index contributed by atoms with van der Waals surface area (Å²) in [6.07, 6.45) is 0.992. The lowest BCUT2D eigenvalue weighted by atomic mass is 9.87. The number of primary amides is 1. The fourth-order valence-electron chi connectivity index (χ4n) is 6.84. The molecule has 1 aromatic carbocycles. The molecule has 0 aromatic heterocycles. The minimum Gasteiger partial charge on any atom is -0.463 e. The van der Waals surface area contributed by atoms with Gasteiger partial charge in [-0.2, -0.15) is 0 Å². The normalized spacial score (nSPS) is 28.1. The molecule has 8 atom stereocenters. The first-order valence-electron chi connectivity index (χ1n) is 21.5. The second-order valence-electron chi connectivity index (χ2n) is 17.0. The molecule has 3 rings (SSSR count). The molecule has 0 radical (unpaired) electrons. The standard InChI is InChI=1S/C43H63N9O12/c1-23-36(57)47-25(3)38(59)49-27(5)42(63)64-22-43(6,7)34(55)41(62)52-20-12-11-15-31(52)40(61)50-29(17-16-28-13-9-8-10-14-28)21-33(54)51-30(18-19-32(44)53)39(60)48-26(4)37(58)46-24(2)35(56)45-23/h8-10,13-14,23-27,29-31H,11-12,15-22H2,1-7H3,(H2,44,53)(H,45,56)(H,46,58)(H,47,57)(H,48,60)(H,49,59)(H,50,61)(H,51,54)/t23-,24-,25?,26-,27+,29+,30-,31-/m0/s1. The van der Waals surface area contributed by atoms with Crippen LogP contribution in [0.5, 0.6) is 0 Å². The predicted octanol–water partition coefficient (Wildman–Crippen LogP) is -1.70. The van der Waals surface area contributed by atoms with Crippen LogP contribution in [-0.2, 0) is 63.9 Å². The fraction of sp³-hybridized carbons (Fsp3) is 0.605. The Morgan fingerprint density at radius 3 is 1.72 bits per heavy atom. The zero-order chi connectivity index (χ0) is 47.9. The zero-order valence-corrected chi connectivity index (χ0v) is 37.5. The average Bonchev–Trinajstić information content (AvgIpc) is 3.25. The van der Waals surface area contributed by atoms with E-state index in [-0.39, 0.29) is 38.6 Å². The number of cyclic esters (lactones) is 1. The van der Waals surface area contributed by atoms with Crippen LogP contribution in [0.25, 0.3) is 0 Å². The van der Waals surface area contributed by atoms with E-state index in [0.717, 1.165) is 5.56 Å². The molecule has 2 saturated heterocycles. The summed E-state index contributed by atoms with van der Waals surface area (Å²) in [5, 5.41) is 17.6. The van der Waals surface area contributed by atoms with Gasteiger partial charge in [-0.05, 0) is 92.6 Å². The van der Waals surface area contributed by atoms with Gasteiger partial charge in [0.05, 0.1) is 5.41 Å². The number of esters is 1. The number of Topliss-reactive ketones (excluding diaryl/α,β-unsaturated/α-hetero) is 1. The first kappa shape index (κ1) is 51.9. The van der Waals surface area contributed by atoms with Crippen LogP contribution in [-0.4, -0.2) is 131 Å². The fourth-order valence-corrected chi connectivity index (χ4v) is 6.84. The lowest BCUT2D eigenvalue weighted by Gasteiger charge is -2.36. The lowest BCUT2D eigenvalue weighted by Crippen LogP contribution is -2.58. The molecule has 9 amide bonds. The van der Waals surface area contributed by atoms with Crippen molar-refractivity contribution >= 4 is 64.9 Å². The summed E-state index contributed by atoms with van der Waals surface area (Å²) in [5.41, 5.74) is 4.69. The number of piperidine rings is 1. The largest absolute Gasteiger partial charge is 0.463 e. The Bertz CT molecular complexity index is 1930. The van der Waals surface area contributed by atoms with Crippen molar-refractivity contribution in [3.05, 3.63) is 35.9 Å². The van der Waals surface area contributed by atoms with Gasteiger partial charge in [0.2, 0.25) is 53.0 Å². The van der Waals surface area contributed by atoms with Crippen LogP contribution >= 0.6 is 0 Å². The number of ketones is 1. The molecule has 2 heterocycles. The Labute approximate surface area is 372 Å². The van der Waals surface area contributed by atoms with Crippen molar-refractivity contribution in [3.63, 3.8) is 0 Å². The number of benzene rings is 1. The van der Waals surface area contributed by atoms with E-state index in [1.54, 1.807) is 0 Å². The van der Waals surface area contributed by atoms with Crippen LogP contribution in [0.2, 0.25) is 0 Å². The summed E-state index contributed by atoms with van der Waals surface area (Å²) < 4.78 is 5.35. The Hall–Kier alpha value is -6.41. The van der Waals surface area contributed by atoms with Gasteiger partial charge in [-0.25, -0.2) is 4.79 Å². The molecular weight excluding hydrogens is 835 g/mol. The minimum atomic E-state index is -1.57. The van der Waals surface area contributed by atoms with E-state index >= 15 is 0 Å². The van der Waals surface area contributed by atoms with Crippen molar-refractivity contribution in [3.8, 4) is 0 Å². The van der Waals surface area contributed by atoms with Crippen LogP contribution in [0, 0.1) is 5.41 Å². The quantitative estimate of drug-likeness (QED) is 0.117. The van der Waals surface area contributed by atoms with Crippen LogP contribution < -0.4 is 43.0 Å².